The van der Waals surface area contributed by atoms with E-state index in [4.69, 9.17) is 4.98 Å². The molecule has 0 saturated carbocycles. The van der Waals surface area contributed by atoms with Crippen molar-refractivity contribution in [2.24, 2.45) is 0 Å². The molecule has 1 aliphatic heterocycles. The van der Waals surface area contributed by atoms with Crippen molar-refractivity contribution in [2.75, 3.05) is 5.32 Å². The molecular formula is C45H35IrN3S-2. The zero-order valence-corrected chi connectivity index (χ0v) is 31.5. The SMILES string of the molecule is Cc1c2cccc1-c1c(ccc3sc4ccccc4c13)Nc1c[c-]c(-c3cc(C(C)(C)C)ccn3)cc1-2.[Ir].[c-]1ccccc1-c1ccccn1. The van der Waals surface area contributed by atoms with Gasteiger partial charge < -0.3 is 15.3 Å². The van der Waals surface area contributed by atoms with Gasteiger partial charge in [-0.15, -0.1) is 71.0 Å². The van der Waals surface area contributed by atoms with Crippen molar-refractivity contribution in [1.82, 2.24) is 9.97 Å². The van der Waals surface area contributed by atoms with Gasteiger partial charge in [0.2, 0.25) is 0 Å². The summed E-state index contributed by atoms with van der Waals surface area (Å²) >= 11 is 1.86. The topological polar surface area (TPSA) is 37.8 Å². The van der Waals surface area contributed by atoms with E-state index >= 15 is 0 Å². The predicted molar refractivity (Wildman–Crippen MR) is 207 cm³/mol. The van der Waals surface area contributed by atoms with Crippen LogP contribution in [0.25, 0.3) is 64.9 Å². The summed E-state index contributed by atoms with van der Waals surface area (Å²) in [4.78, 5) is 8.93. The van der Waals surface area contributed by atoms with Gasteiger partial charge in [-0.25, -0.2) is 0 Å². The van der Waals surface area contributed by atoms with Gasteiger partial charge in [0.25, 0.3) is 0 Å². The predicted octanol–water partition coefficient (Wildman–Crippen LogP) is 12.5. The molecule has 3 nitrogen and oxygen atoms in total. The van der Waals surface area contributed by atoms with Crippen molar-refractivity contribution in [3.05, 3.63) is 157 Å². The second kappa shape index (κ2) is 13.8. The van der Waals surface area contributed by atoms with E-state index < -0.39 is 0 Å². The molecule has 247 valence electrons. The number of benzene rings is 5. The Morgan fingerprint density at radius 2 is 1.44 bits per heavy atom. The first-order valence-corrected chi connectivity index (χ1v) is 17.4. The first kappa shape index (κ1) is 33.6. The van der Waals surface area contributed by atoms with Crippen LogP contribution in [0.3, 0.4) is 0 Å². The van der Waals surface area contributed by atoms with Gasteiger partial charge in [-0.05, 0) is 82.0 Å². The third-order valence-electron chi connectivity index (χ3n) is 9.21. The summed E-state index contributed by atoms with van der Waals surface area (Å²) in [6, 6.07) is 48.9. The van der Waals surface area contributed by atoms with E-state index in [1.54, 1.807) is 6.20 Å². The Morgan fingerprint density at radius 1 is 0.640 bits per heavy atom. The summed E-state index contributed by atoms with van der Waals surface area (Å²) in [5.41, 5.74) is 13.8. The number of pyridine rings is 2. The summed E-state index contributed by atoms with van der Waals surface area (Å²) in [5, 5.41) is 6.45. The normalized spacial score (nSPS) is 11.6. The molecule has 1 N–H and O–H groups in total. The zero-order valence-electron chi connectivity index (χ0n) is 28.3. The Hall–Kier alpha value is -4.93. The van der Waals surface area contributed by atoms with Crippen LogP contribution in [-0.2, 0) is 25.5 Å². The summed E-state index contributed by atoms with van der Waals surface area (Å²) < 4.78 is 2.64. The minimum Gasteiger partial charge on any atom is -0.394 e. The van der Waals surface area contributed by atoms with Gasteiger partial charge >= 0.3 is 0 Å². The molecule has 9 rings (SSSR count). The van der Waals surface area contributed by atoms with Crippen molar-refractivity contribution in [1.29, 1.82) is 0 Å². The van der Waals surface area contributed by atoms with Crippen LogP contribution in [0.1, 0.15) is 31.9 Å². The van der Waals surface area contributed by atoms with Crippen molar-refractivity contribution in [2.45, 2.75) is 33.1 Å². The molecule has 2 bridgehead atoms. The van der Waals surface area contributed by atoms with Crippen LogP contribution in [0.15, 0.2) is 134 Å². The van der Waals surface area contributed by atoms with E-state index in [2.05, 4.69) is 129 Å². The fourth-order valence-corrected chi connectivity index (χ4v) is 7.74. The molecule has 0 saturated heterocycles. The van der Waals surface area contributed by atoms with E-state index in [-0.39, 0.29) is 25.5 Å². The summed E-state index contributed by atoms with van der Waals surface area (Å²) in [7, 11) is 0. The Kier molecular flexibility index (Phi) is 9.24. The fraction of sp³-hybridized carbons (Fsp3) is 0.111. The average Bonchev–Trinajstić information content (AvgIpc) is 3.52. The number of nitrogens with one attached hydrogen (secondary N) is 1. The van der Waals surface area contributed by atoms with Gasteiger partial charge in [-0.1, -0.05) is 80.9 Å². The molecule has 0 fully saturated rings. The van der Waals surface area contributed by atoms with E-state index in [9.17, 15) is 0 Å². The van der Waals surface area contributed by atoms with Crippen LogP contribution < -0.4 is 5.32 Å². The van der Waals surface area contributed by atoms with Crippen LogP contribution in [0.4, 0.5) is 11.4 Å². The molecule has 0 unspecified atom stereocenters. The number of fused-ring (bicyclic) bond motifs is 10. The summed E-state index contributed by atoms with van der Waals surface area (Å²) in [6.45, 7) is 8.96. The number of hydrogen-bond donors (Lipinski definition) is 1. The maximum Gasteiger partial charge on any atom is 0.0388 e. The molecule has 50 heavy (non-hydrogen) atoms. The van der Waals surface area contributed by atoms with Crippen LogP contribution in [0, 0.1) is 19.1 Å². The third kappa shape index (κ3) is 6.29. The largest absolute Gasteiger partial charge is 0.394 e. The van der Waals surface area contributed by atoms with Gasteiger partial charge in [0.1, 0.15) is 0 Å². The van der Waals surface area contributed by atoms with Gasteiger partial charge in [0.05, 0.1) is 0 Å². The minimum absolute atomic E-state index is 0. The van der Waals surface area contributed by atoms with Crippen molar-refractivity contribution < 1.29 is 20.1 Å². The number of nitrogens with zero attached hydrogens (tertiary/aromatic N) is 2. The number of hydrogen-bond acceptors (Lipinski definition) is 4. The van der Waals surface area contributed by atoms with Gasteiger partial charge in [0.15, 0.2) is 0 Å². The smallest absolute Gasteiger partial charge is 0.0388 e. The fourth-order valence-electron chi connectivity index (χ4n) is 6.63. The second-order valence-corrected chi connectivity index (χ2v) is 14.5. The van der Waals surface area contributed by atoms with Gasteiger partial charge in [-0.2, -0.15) is 0 Å². The maximum atomic E-state index is 4.71. The molecule has 0 aliphatic carbocycles. The zero-order chi connectivity index (χ0) is 33.5. The number of aromatic nitrogens is 2. The van der Waals surface area contributed by atoms with E-state index in [1.807, 2.05) is 60.0 Å². The summed E-state index contributed by atoms with van der Waals surface area (Å²) in [5.74, 6) is 0. The van der Waals surface area contributed by atoms with Crippen LogP contribution in [0.2, 0.25) is 0 Å². The first-order chi connectivity index (χ1) is 23.8. The molecule has 8 aromatic rings. The molecule has 3 aromatic heterocycles. The molecule has 0 atom stereocenters. The molecule has 5 aromatic carbocycles. The third-order valence-corrected chi connectivity index (χ3v) is 10.3. The minimum atomic E-state index is 0. The van der Waals surface area contributed by atoms with E-state index in [0.717, 1.165) is 33.9 Å². The number of anilines is 2. The Labute approximate surface area is 311 Å². The second-order valence-electron chi connectivity index (χ2n) is 13.4. The number of thiophene rings is 1. The molecule has 0 spiro atoms. The monoisotopic (exact) mass is 842 g/mol. The van der Waals surface area contributed by atoms with E-state index in [0.29, 0.717) is 0 Å². The Morgan fingerprint density at radius 3 is 2.24 bits per heavy atom. The molecule has 5 heteroatoms. The Balaban J connectivity index is 0.000000255. The van der Waals surface area contributed by atoms with Crippen LogP contribution in [0.5, 0.6) is 0 Å². The summed E-state index contributed by atoms with van der Waals surface area (Å²) in [6.07, 6.45) is 3.70. The standard InChI is InChI=1S/C34H27N2S.C11H8N.Ir/c1-20-23-9-7-10-24(20)32-28(14-15-31-33(32)25-8-5-6-11-30(25)37-31)36-27-13-12-21(18-26(23)27)29-19-22(16-17-35-29)34(2,3)4;1-2-6-10(7-3-1)11-8-4-5-9-12-11;/h5-11,13-19,36H,1-4H3;1-6,8-9H;/q2*-1;. The molecule has 4 heterocycles. The van der Waals surface area contributed by atoms with Crippen molar-refractivity contribution in [3.63, 3.8) is 0 Å². The van der Waals surface area contributed by atoms with Crippen molar-refractivity contribution in [3.8, 4) is 44.8 Å². The van der Waals surface area contributed by atoms with Gasteiger partial charge in [-0.3, -0.25) is 0 Å². The number of rotatable bonds is 2. The average molecular weight is 842 g/mol. The Bertz CT molecular complexity index is 2420. The van der Waals surface area contributed by atoms with Gasteiger partial charge in [0, 0.05) is 63.9 Å². The molecular weight excluding hydrogens is 807 g/mol. The van der Waals surface area contributed by atoms with Crippen molar-refractivity contribution >= 4 is 42.9 Å². The first-order valence-electron chi connectivity index (χ1n) is 16.6. The molecule has 1 radical (unpaired) electrons. The molecule has 0 amide bonds. The van der Waals surface area contributed by atoms with Crippen LogP contribution >= 0.6 is 11.3 Å². The quantitative estimate of drug-likeness (QED) is 0.176. The maximum absolute atomic E-state index is 4.71. The van der Waals surface area contributed by atoms with Crippen LogP contribution in [-0.4, -0.2) is 9.97 Å². The van der Waals surface area contributed by atoms with E-state index in [1.165, 1.54) is 53.6 Å². The molecule has 1 aliphatic rings.